The smallest absolute Gasteiger partial charge is 0.317 e. The lowest BCUT2D eigenvalue weighted by atomic mass is 9.88. The molecule has 1 aromatic heterocycles. The molecule has 0 bridgehead atoms. The Labute approximate surface area is 135 Å². The summed E-state index contributed by atoms with van der Waals surface area (Å²) in [5.41, 5.74) is 1.85. The van der Waals surface area contributed by atoms with Gasteiger partial charge in [-0.2, -0.15) is 0 Å². The zero-order chi connectivity index (χ0) is 16.4. The molecule has 1 aliphatic heterocycles. The molecule has 0 amide bonds. The number of aryl methyl sites for hydroxylation is 1. The highest BCUT2D eigenvalue weighted by atomic mass is 16.5. The second kappa shape index (κ2) is 5.91. The lowest BCUT2D eigenvalue weighted by Crippen LogP contribution is -2.35. The van der Waals surface area contributed by atoms with Gasteiger partial charge in [0.15, 0.2) is 0 Å². The molecule has 5 heteroatoms. The van der Waals surface area contributed by atoms with E-state index in [9.17, 15) is 9.90 Å². The number of rotatable bonds is 3. The quantitative estimate of drug-likeness (QED) is 0.930. The average molecular weight is 312 g/mol. The first-order valence-corrected chi connectivity index (χ1v) is 7.64. The molecule has 0 spiro atoms. The van der Waals surface area contributed by atoms with Crippen molar-refractivity contribution in [2.24, 2.45) is 5.41 Å². The van der Waals surface area contributed by atoms with Gasteiger partial charge in [-0.1, -0.05) is 30.4 Å². The minimum Gasteiger partial charge on any atom is -0.480 e. The molecule has 1 aliphatic carbocycles. The molecule has 1 N–H and O–H groups in total. The van der Waals surface area contributed by atoms with Crippen LogP contribution in [0.2, 0.25) is 0 Å². The fraction of sp³-hybridized carbons (Fsp3) is 0.333. The number of nitrogens with zero attached hydrogens (tertiary/aromatic N) is 2. The molecule has 23 heavy (non-hydrogen) atoms. The standard InChI is InChI=1S/C18H20N2O3/c1-13-6-7-15-16(19-13)23-10-9-20(15)12-14-5-3-4-8-18(2,11-14)17(21)22/h3-8,11H,9-10,12H2,1-2H3,(H,21,22). The van der Waals surface area contributed by atoms with E-state index in [2.05, 4.69) is 9.88 Å². The number of carboxylic acids is 1. The van der Waals surface area contributed by atoms with Gasteiger partial charge in [-0.3, -0.25) is 4.79 Å². The predicted octanol–water partition coefficient (Wildman–Crippen LogP) is 2.73. The van der Waals surface area contributed by atoms with E-state index in [0.717, 1.165) is 23.5 Å². The van der Waals surface area contributed by atoms with Crippen molar-refractivity contribution in [3.63, 3.8) is 0 Å². The first kappa shape index (κ1) is 15.3. The fourth-order valence-corrected chi connectivity index (χ4v) is 2.78. The number of aliphatic carboxylic acids is 1. The number of carbonyl (C=O) groups is 1. The van der Waals surface area contributed by atoms with Crippen LogP contribution >= 0.6 is 0 Å². The zero-order valence-electron chi connectivity index (χ0n) is 13.3. The second-order valence-corrected chi connectivity index (χ2v) is 6.07. The molecule has 3 rings (SSSR count). The highest BCUT2D eigenvalue weighted by Gasteiger charge is 2.29. The second-order valence-electron chi connectivity index (χ2n) is 6.07. The molecule has 1 atom stereocenters. The summed E-state index contributed by atoms with van der Waals surface area (Å²) in [6, 6.07) is 3.97. The van der Waals surface area contributed by atoms with Gasteiger partial charge in [-0.15, -0.1) is 0 Å². The van der Waals surface area contributed by atoms with Crippen LogP contribution in [0, 0.1) is 12.3 Å². The van der Waals surface area contributed by atoms with Gasteiger partial charge in [0.05, 0.1) is 6.54 Å². The Morgan fingerprint density at radius 2 is 2.26 bits per heavy atom. The first-order chi connectivity index (χ1) is 11.0. The highest BCUT2D eigenvalue weighted by molar-refractivity contribution is 5.80. The Bertz CT molecular complexity index is 721. The molecule has 0 aromatic carbocycles. The fourth-order valence-electron chi connectivity index (χ4n) is 2.78. The van der Waals surface area contributed by atoms with Crippen LogP contribution in [-0.4, -0.2) is 35.8 Å². The first-order valence-electron chi connectivity index (χ1n) is 7.64. The van der Waals surface area contributed by atoms with Crippen molar-refractivity contribution < 1.29 is 14.6 Å². The number of allylic oxidation sites excluding steroid dienone is 2. The maximum atomic E-state index is 11.5. The van der Waals surface area contributed by atoms with Gasteiger partial charge >= 0.3 is 5.97 Å². The van der Waals surface area contributed by atoms with E-state index in [1.165, 1.54) is 0 Å². The highest BCUT2D eigenvalue weighted by Crippen LogP contribution is 2.32. The van der Waals surface area contributed by atoms with E-state index in [4.69, 9.17) is 4.74 Å². The van der Waals surface area contributed by atoms with Crippen LogP contribution in [0.3, 0.4) is 0 Å². The summed E-state index contributed by atoms with van der Waals surface area (Å²) in [6.07, 6.45) is 9.15. The maximum absolute atomic E-state index is 11.5. The summed E-state index contributed by atoms with van der Waals surface area (Å²) >= 11 is 0. The van der Waals surface area contributed by atoms with Crippen molar-refractivity contribution >= 4 is 11.7 Å². The third-order valence-electron chi connectivity index (χ3n) is 4.10. The van der Waals surface area contributed by atoms with Gasteiger partial charge in [0.1, 0.15) is 17.7 Å². The number of anilines is 1. The van der Waals surface area contributed by atoms with Crippen molar-refractivity contribution in [2.75, 3.05) is 24.6 Å². The number of pyridine rings is 1. The minimum absolute atomic E-state index is 0.578. The van der Waals surface area contributed by atoms with Crippen molar-refractivity contribution in [3.8, 4) is 5.88 Å². The summed E-state index contributed by atoms with van der Waals surface area (Å²) in [5, 5.41) is 9.47. The molecule has 0 saturated heterocycles. The van der Waals surface area contributed by atoms with Gasteiger partial charge in [-0.05, 0) is 31.6 Å². The summed E-state index contributed by atoms with van der Waals surface area (Å²) in [4.78, 5) is 18.1. The molecule has 1 unspecified atom stereocenters. The van der Waals surface area contributed by atoms with Gasteiger partial charge in [0.2, 0.25) is 5.88 Å². The number of fused-ring (bicyclic) bond motifs is 1. The lowest BCUT2D eigenvalue weighted by molar-refractivity contribution is -0.142. The van der Waals surface area contributed by atoms with Crippen molar-refractivity contribution in [1.29, 1.82) is 0 Å². The molecule has 0 radical (unpaired) electrons. The van der Waals surface area contributed by atoms with Crippen LogP contribution in [0.4, 0.5) is 5.69 Å². The van der Waals surface area contributed by atoms with Gasteiger partial charge in [-0.25, -0.2) is 4.98 Å². The molecule has 5 nitrogen and oxygen atoms in total. The van der Waals surface area contributed by atoms with Crippen molar-refractivity contribution in [1.82, 2.24) is 4.98 Å². The lowest BCUT2D eigenvalue weighted by Gasteiger charge is -2.31. The van der Waals surface area contributed by atoms with E-state index >= 15 is 0 Å². The van der Waals surface area contributed by atoms with E-state index < -0.39 is 11.4 Å². The number of hydrogen-bond donors (Lipinski definition) is 1. The Morgan fingerprint density at radius 1 is 1.43 bits per heavy atom. The number of ether oxygens (including phenoxy) is 1. The third kappa shape index (κ3) is 3.13. The zero-order valence-corrected chi connectivity index (χ0v) is 13.3. The molecule has 2 aliphatic rings. The Hall–Kier alpha value is -2.56. The van der Waals surface area contributed by atoms with Crippen LogP contribution in [-0.2, 0) is 4.79 Å². The van der Waals surface area contributed by atoms with Crippen molar-refractivity contribution in [2.45, 2.75) is 13.8 Å². The van der Waals surface area contributed by atoms with E-state index in [1.807, 2.05) is 37.3 Å². The van der Waals surface area contributed by atoms with Crippen LogP contribution in [0.1, 0.15) is 12.6 Å². The molecule has 1 aromatic rings. The Kier molecular flexibility index (Phi) is 3.94. The van der Waals surface area contributed by atoms with Crippen LogP contribution < -0.4 is 9.64 Å². The molecule has 120 valence electrons. The predicted molar refractivity (Wildman–Crippen MR) is 88.8 cm³/mol. The average Bonchev–Trinajstić information content (AvgIpc) is 2.70. The topological polar surface area (TPSA) is 62.7 Å². The van der Waals surface area contributed by atoms with Crippen molar-refractivity contribution in [3.05, 3.63) is 53.8 Å². The normalized spacial score (nSPS) is 22.9. The number of carboxylic acid groups (broad SMARTS) is 1. The number of aromatic nitrogens is 1. The summed E-state index contributed by atoms with van der Waals surface area (Å²) < 4.78 is 5.63. The largest absolute Gasteiger partial charge is 0.480 e. The van der Waals surface area contributed by atoms with Crippen LogP contribution in [0.15, 0.2) is 48.1 Å². The number of hydrogen-bond acceptors (Lipinski definition) is 4. The summed E-state index contributed by atoms with van der Waals surface area (Å²) in [5.74, 6) is -0.205. The molecular weight excluding hydrogens is 292 g/mol. The summed E-state index contributed by atoms with van der Waals surface area (Å²) in [6.45, 7) is 5.59. The van der Waals surface area contributed by atoms with Gasteiger partial charge in [0.25, 0.3) is 0 Å². The third-order valence-corrected chi connectivity index (χ3v) is 4.10. The van der Waals surface area contributed by atoms with E-state index in [-0.39, 0.29) is 0 Å². The summed E-state index contributed by atoms with van der Waals surface area (Å²) in [7, 11) is 0. The molecule has 2 heterocycles. The molecular formula is C18H20N2O3. The maximum Gasteiger partial charge on any atom is 0.317 e. The van der Waals surface area contributed by atoms with Crippen LogP contribution in [0.5, 0.6) is 5.88 Å². The minimum atomic E-state index is -0.987. The molecule has 0 fully saturated rings. The van der Waals surface area contributed by atoms with Gasteiger partial charge < -0.3 is 14.7 Å². The SMILES string of the molecule is Cc1ccc2c(n1)OCCN2CC1=CC(C)(C(=O)O)C=CC=C1. The van der Waals surface area contributed by atoms with E-state index in [1.54, 1.807) is 19.1 Å². The Balaban J connectivity index is 1.88. The molecule has 0 saturated carbocycles. The Morgan fingerprint density at radius 3 is 3.04 bits per heavy atom. The van der Waals surface area contributed by atoms with Crippen LogP contribution in [0.25, 0.3) is 0 Å². The monoisotopic (exact) mass is 312 g/mol. The van der Waals surface area contributed by atoms with Gasteiger partial charge in [0, 0.05) is 12.2 Å². The van der Waals surface area contributed by atoms with E-state index in [0.29, 0.717) is 19.0 Å².